The lowest BCUT2D eigenvalue weighted by Crippen LogP contribution is -2.36. The van der Waals surface area contributed by atoms with Crippen LogP contribution in [0, 0.1) is 6.92 Å². The van der Waals surface area contributed by atoms with Gasteiger partial charge in [-0.25, -0.2) is 4.98 Å². The number of rotatable bonds is 7. The zero-order valence-corrected chi connectivity index (χ0v) is 20.1. The number of amides is 1. The third-order valence-corrected chi connectivity index (χ3v) is 6.33. The van der Waals surface area contributed by atoms with E-state index in [4.69, 9.17) is 9.47 Å². The third kappa shape index (κ3) is 5.49. The first-order valence-corrected chi connectivity index (χ1v) is 12.3. The van der Waals surface area contributed by atoms with E-state index in [1.807, 2.05) is 61.8 Å². The van der Waals surface area contributed by atoms with Gasteiger partial charge in [0.05, 0.1) is 19.8 Å². The van der Waals surface area contributed by atoms with Gasteiger partial charge >= 0.3 is 0 Å². The molecule has 0 aliphatic carbocycles. The SMILES string of the molecule is CCOc1ncc(-c2cc(NC(=O)c3cccc(SC)c3)ccc2C)cc1N1CCOCC1. The number of pyridine rings is 1. The molecule has 0 atom stereocenters. The molecule has 1 fully saturated rings. The van der Waals surface area contributed by atoms with E-state index in [2.05, 4.69) is 28.2 Å². The van der Waals surface area contributed by atoms with Crippen molar-refractivity contribution >= 4 is 29.0 Å². The number of nitrogens with zero attached hydrogens (tertiary/aromatic N) is 2. The van der Waals surface area contributed by atoms with Gasteiger partial charge < -0.3 is 19.7 Å². The first-order chi connectivity index (χ1) is 16.1. The van der Waals surface area contributed by atoms with Crippen molar-refractivity contribution in [2.75, 3.05) is 49.4 Å². The van der Waals surface area contributed by atoms with Crippen LogP contribution >= 0.6 is 11.8 Å². The average Bonchev–Trinajstić information content (AvgIpc) is 2.86. The number of carbonyl (C=O) groups excluding carboxylic acids is 1. The molecule has 0 saturated carbocycles. The number of nitrogens with one attached hydrogen (secondary N) is 1. The van der Waals surface area contributed by atoms with Gasteiger partial charge in [0.2, 0.25) is 5.88 Å². The Labute approximate surface area is 199 Å². The van der Waals surface area contributed by atoms with Crippen molar-refractivity contribution in [1.29, 1.82) is 0 Å². The van der Waals surface area contributed by atoms with Crippen LogP contribution < -0.4 is 15.0 Å². The lowest BCUT2D eigenvalue weighted by atomic mass is 10.0. The van der Waals surface area contributed by atoms with Crippen molar-refractivity contribution in [3.05, 3.63) is 65.9 Å². The van der Waals surface area contributed by atoms with Gasteiger partial charge in [-0.2, -0.15) is 0 Å². The number of aromatic nitrogens is 1. The Bertz CT molecular complexity index is 1130. The molecule has 1 amide bonds. The quantitative estimate of drug-likeness (QED) is 0.482. The first-order valence-electron chi connectivity index (χ1n) is 11.1. The fourth-order valence-electron chi connectivity index (χ4n) is 3.84. The molecule has 0 bridgehead atoms. The molecule has 0 spiro atoms. The molecule has 0 unspecified atom stereocenters. The molecule has 33 heavy (non-hydrogen) atoms. The number of thioether (sulfide) groups is 1. The summed E-state index contributed by atoms with van der Waals surface area (Å²) in [7, 11) is 0. The number of benzene rings is 2. The van der Waals surface area contributed by atoms with E-state index in [0.717, 1.165) is 46.1 Å². The molecule has 4 rings (SSSR count). The normalized spacial score (nSPS) is 13.6. The second kappa shape index (κ2) is 10.7. The smallest absolute Gasteiger partial charge is 0.255 e. The van der Waals surface area contributed by atoms with Crippen molar-refractivity contribution in [3.63, 3.8) is 0 Å². The fourth-order valence-corrected chi connectivity index (χ4v) is 4.30. The van der Waals surface area contributed by atoms with Crippen molar-refractivity contribution in [2.45, 2.75) is 18.7 Å². The molecule has 7 heteroatoms. The summed E-state index contributed by atoms with van der Waals surface area (Å²) in [6.45, 7) is 7.56. The van der Waals surface area contributed by atoms with Gasteiger partial charge in [-0.1, -0.05) is 12.1 Å². The maximum atomic E-state index is 12.8. The Kier molecular flexibility index (Phi) is 7.52. The van der Waals surface area contributed by atoms with Crippen LogP contribution in [0.5, 0.6) is 5.88 Å². The largest absolute Gasteiger partial charge is 0.476 e. The van der Waals surface area contributed by atoms with Gasteiger partial charge in [0.15, 0.2) is 0 Å². The highest BCUT2D eigenvalue weighted by Gasteiger charge is 2.19. The predicted octanol–water partition coefficient (Wildman–Crippen LogP) is 5.27. The van der Waals surface area contributed by atoms with Crippen LogP contribution in [0.4, 0.5) is 11.4 Å². The number of hydrogen-bond acceptors (Lipinski definition) is 6. The van der Waals surface area contributed by atoms with Crippen molar-refractivity contribution in [2.24, 2.45) is 0 Å². The summed E-state index contributed by atoms with van der Waals surface area (Å²) in [6, 6.07) is 15.7. The molecule has 3 aromatic rings. The van der Waals surface area contributed by atoms with Gasteiger partial charge in [-0.3, -0.25) is 4.79 Å². The minimum atomic E-state index is -0.125. The van der Waals surface area contributed by atoms with Gasteiger partial charge in [0.25, 0.3) is 5.91 Å². The number of hydrogen-bond donors (Lipinski definition) is 1. The summed E-state index contributed by atoms with van der Waals surface area (Å²) in [5, 5.41) is 3.04. The lowest BCUT2D eigenvalue weighted by Gasteiger charge is -2.30. The third-order valence-electron chi connectivity index (χ3n) is 5.60. The Morgan fingerprint density at radius 1 is 1.18 bits per heavy atom. The van der Waals surface area contributed by atoms with E-state index < -0.39 is 0 Å². The molecule has 2 heterocycles. The minimum Gasteiger partial charge on any atom is -0.476 e. The van der Waals surface area contributed by atoms with Crippen molar-refractivity contribution < 1.29 is 14.3 Å². The number of anilines is 2. The first kappa shape index (κ1) is 23.1. The van der Waals surface area contributed by atoms with Crippen LogP contribution in [-0.4, -0.2) is 50.1 Å². The second-order valence-electron chi connectivity index (χ2n) is 7.80. The highest BCUT2D eigenvalue weighted by Crippen LogP contribution is 2.34. The minimum absolute atomic E-state index is 0.125. The van der Waals surface area contributed by atoms with Crippen LogP contribution in [-0.2, 0) is 4.74 Å². The number of ether oxygens (including phenoxy) is 2. The number of carbonyl (C=O) groups is 1. The molecule has 1 N–H and O–H groups in total. The van der Waals surface area contributed by atoms with E-state index in [1.165, 1.54) is 0 Å². The van der Waals surface area contributed by atoms with Crippen LogP contribution in [0.25, 0.3) is 11.1 Å². The maximum absolute atomic E-state index is 12.8. The zero-order valence-electron chi connectivity index (χ0n) is 19.3. The summed E-state index contributed by atoms with van der Waals surface area (Å²) in [4.78, 5) is 20.8. The number of aryl methyl sites for hydroxylation is 1. The summed E-state index contributed by atoms with van der Waals surface area (Å²) >= 11 is 1.62. The Morgan fingerprint density at radius 3 is 2.76 bits per heavy atom. The highest BCUT2D eigenvalue weighted by atomic mass is 32.2. The van der Waals surface area contributed by atoms with E-state index in [9.17, 15) is 4.79 Å². The molecule has 1 saturated heterocycles. The van der Waals surface area contributed by atoms with E-state index >= 15 is 0 Å². The van der Waals surface area contributed by atoms with Crippen molar-refractivity contribution in [1.82, 2.24) is 4.98 Å². The van der Waals surface area contributed by atoms with Crippen LogP contribution in [0.2, 0.25) is 0 Å². The lowest BCUT2D eigenvalue weighted by molar-refractivity contribution is 0.102. The topological polar surface area (TPSA) is 63.7 Å². The second-order valence-corrected chi connectivity index (χ2v) is 8.68. The molecular formula is C26H29N3O3S. The monoisotopic (exact) mass is 463 g/mol. The van der Waals surface area contributed by atoms with Crippen LogP contribution in [0.15, 0.2) is 59.6 Å². The molecule has 1 aliphatic rings. The molecule has 172 valence electrons. The number of morpholine rings is 1. The Morgan fingerprint density at radius 2 is 2.00 bits per heavy atom. The van der Waals surface area contributed by atoms with E-state index in [0.29, 0.717) is 31.3 Å². The Balaban J connectivity index is 1.63. The van der Waals surface area contributed by atoms with Crippen molar-refractivity contribution in [3.8, 4) is 17.0 Å². The van der Waals surface area contributed by atoms with E-state index in [-0.39, 0.29) is 5.91 Å². The van der Waals surface area contributed by atoms with Gasteiger partial charge in [0.1, 0.15) is 5.69 Å². The summed E-state index contributed by atoms with van der Waals surface area (Å²) in [5.74, 6) is 0.512. The highest BCUT2D eigenvalue weighted by molar-refractivity contribution is 7.98. The maximum Gasteiger partial charge on any atom is 0.255 e. The van der Waals surface area contributed by atoms with Gasteiger partial charge in [-0.15, -0.1) is 11.8 Å². The zero-order chi connectivity index (χ0) is 23.2. The van der Waals surface area contributed by atoms with E-state index in [1.54, 1.807) is 11.8 Å². The standard InChI is InChI=1S/C26H29N3O3S/c1-4-32-26-24(29-10-12-31-13-11-29)15-20(17-27-26)23-16-21(9-8-18(23)2)28-25(30)19-6-5-7-22(14-19)33-3/h5-9,14-17H,4,10-13H2,1-3H3,(H,28,30). The molecule has 1 aliphatic heterocycles. The fraction of sp³-hybridized carbons (Fsp3) is 0.308. The predicted molar refractivity (Wildman–Crippen MR) is 135 cm³/mol. The molecule has 6 nitrogen and oxygen atoms in total. The Hall–Kier alpha value is -3.03. The average molecular weight is 464 g/mol. The summed E-state index contributed by atoms with van der Waals surface area (Å²) < 4.78 is 11.3. The van der Waals surface area contributed by atoms with Gasteiger partial charge in [-0.05, 0) is 67.6 Å². The van der Waals surface area contributed by atoms with Crippen LogP contribution in [0.1, 0.15) is 22.8 Å². The molecular weight excluding hydrogens is 434 g/mol. The van der Waals surface area contributed by atoms with Gasteiger partial charge in [0, 0.05) is 41.0 Å². The van der Waals surface area contributed by atoms with Crippen LogP contribution in [0.3, 0.4) is 0 Å². The summed E-state index contributed by atoms with van der Waals surface area (Å²) in [5.41, 5.74) is 5.48. The molecule has 2 aromatic carbocycles. The molecule has 1 aromatic heterocycles. The summed E-state index contributed by atoms with van der Waals surface area (Å²) in [6.07, 6.45) is 3.84. The molecule has 0 radical (unpaired) electrons.